The highest BCUT2D eigenvalue weighted by Gasteiger charge is 2.14. The number of alkyl halides is 1. The van der Waals surface area contributed by atoms with Crippen molar-refractivity contribution in [2.24, 2.45) is 0 Å². The van der Waals surface area contributed by atoms with Crippen LogP contribution in [0.15, 0.2) is 18.2 Å². The summed E-state index contributed by atoms with van der Waals surface area (Å²) in [5.41, 5.74) is 3.09. The molecule has 1 heterocycles. The Morgan fingerprint density at radius 3 is 2.76 bits per heavy atom. The van der Waals surface area contributed by atoms with Crippen molar-refractivity contribution in [2.75, 3.05) is 38.3 Å². The van der Waals surface area contributed by atoms with Gasteiger partial charge in [0.15, 0.2) is 0 Å². The molecule has 1 aliphatic heterocycles. The van der Waals surface area contributed by atoms with E-state index in [0.29, 0.717) is 0 Å². The minimum atomic E-state index is -0.403. The SMILES string of the molecule is CNCc1cc(CF)ccc1N1CCOCC1. The second kappa shape index (κ2) is 5.98. The molecule has 1 aromatic carbocycles. The van der Waals surface area contributed by atoms with E-state index >= 15 is 0 Å². The quantitative estimate of drug-likeness (QED) is 0.864. The third-order valence-corrected chi connectivity index (χ3v) is 3.02. The Bertz CT molecular complexity index is 364. The number of rotatable bonds is 4. The number of halogens is 1. The summed E-state index contributed by atoms with van der Waals surface area (Å²) in [6.45, 7) is 3.71. The maximum absolute atomic E-state index is 12.7. The molecule has 0 unspecified atom stereocenters. The van der Waals surface area contributed by atoms with Crippen LogP contribution in [0.5, 0.6) is 0 Å². The third-order valence-electron chi connectivity index (χ3n) is 3.02. The highest BCUT2D eigenvalue weighted by atomic mass is 19.1. The van der Waals surface area contributed by atoms with Gasteiger partial charge in [0.2, 0.25) is 0 Å². The maximum atomic E-state index is 12.7. The van der Waals surface area contributed by atoms with E-state index in [4.69, 9.17) is 4.74 Å². The van der Waals surface area contributed by atoms with E-state index in [1.165, 1.54) is 5.69 Å². The lowest BCUT2D eigenvalue weighted by atomic mass is 10.1. The fourth-order valence-electron chi connectivity index (χ4n) is 2.17. The Balaban J connectivity index is 2.24. The van der Waals surface area contributed by atoms with Gasteiger partial charge in [0.1, 0.15) is 6.67 Å². The number of nitrogens with one attached hydrogen (secondary N) is 1. The molecule has 4 heteroatoms. The Labute approximate surface area is 102 Å². The number of benzene rings is 1. The fraction of sp³-hybridized carbons (Fsp3) is 0.538. The standard InChI is InChI=1S/C13H19FN2O/c1-15-10-12-8-11(9-14)2-3-13(12)16-4-6-17-7-5-16/h2-3,8,15H,4-7,9-10H2,1H3. The van der Waals surface area contributed by atoms with E-state index in [0.717, 1.165) is 44.0 Å². The molecular formula is C13H19FN2O. The van der Waals surface area contributed by atoms with Crippen LogP contribution < -0.4 is 10.2 Å². The summed E-state index contributed by atoms with van der Waals surface area (Å²) in [6.07, 6.45) is 0. The molecule has 0 saturated carbocycles. The zero-order valence-corrected chi connectivity index (χ0v) is 10.2. The topological polar surface area (TPSA) is 24.5 Å². The lowest BCUT2D eigenvalue weighted by Crippen LogP contribution is -2.37. The Kier molecular flexibility index (Phi) is 4.34. The van der Waals surface area contributed by atoms with Crippen LogP contribution in [0.1, 0.15) is 11.1 Å². The Morgan fingerprint density at radius 1 is 1.35 bits per heavy atom. The van der Waals surface area contributed by atoms with Crippen molar-refractivity contribution in [3.63, 3.8) is 0 Å². The van der Waals surface area contributed by atoms with Gasteiger partial charge in [0.25, 0.3) is 0 Å². The number of morpholine rings is 1. The van der Waals surface area contributed by atoms with Gasteiger partial charge in [0.05, 0.1) is 13.2 Å². The van der Waals surface area contributed by atoms with E-state index in [9.17, 15) is 4.39 Å². The Morgan fingerprint density at radius 2 is 2.12 bits per heavy atom. The van der Waals surface area contributed by atoms with Crippen molar-refractivity contribution in [3.05, 3.63) is 29.3 Å². The first kappa shape index (κ1) is 12.3. The first-order chi connectivity index (χ1) is 8.35. The molecule has 0 atom stereocenters. The number of hydrogen-bond donors (Lipinski definition) is 1. The highest BCUT2D eigenvalue weighted by molar-refractivity contribution is 5.55. The summed E-state index contributed by atoms with van der Waals surface area (Å²) in [4.78, 5) is 2.30. The number of anilines is 1. The van der Waals surface area contributed by atoms with Crippen LogP contribution in [-0.4, -0.2) is 33.4 Å². The predicted octanol–water partition coefficient (Wildman–Crippen LogP) is 1.71. The minimum Gasteiger partial charge on any atom is -0.378 e. The zero-order valence-electron chi connectivity index (χ0n) is 10.2. The predicted molar refractivity (Wildman–Crippen MR) is 67.0 cm³/mol. The van der Waals surface area contributed by atoms with Gasteiger partial charge >= 0.3 is 0 Å². The number of nitrogens with zero attached hydrogens (tertiary/aromatic N) is 1. The average molecular weight is 238 g/mol. The smallest absolute Gasteiger partial charge is 0.115 e. The zero-order chi connectivity index (χ0) is 12.1. The fourth-order valence-corrected chi connectivity index (χ4v) is 2.17. The van der Waals surface area contributed by atoms with E-state index in [1.807, 2.05) is 25.2 Å². The summed E-state index contributed by atoms with van der Waals surface area (Å²) in [6, 6.07) is 5.83. The van der Waals surface area contributed by atoms with Crippen molar-refractivity contribution in [3.8, 4) is 0 Å². The molecule has 0 amide bonds. The van der Waals surface area contributed by atoms with Crippen molar-refractivity contribution < 1.29 is 9.13 Å². The van der Waals surface area contributed by atoms with Crippen LogP contribution in [0.3, 0.4) is 0 Å². The monoisotopic (exact) mass is 238 g/mol. The van der Waals surface area contributed by atoms with Gasteiger partial charge in [-0.1, -0.05) is 6.07 Å². The molecule has 1 saturated heterocycles. The molecule has 17 heavy (non-hydrogen) atoms. The van der Waals surface area contributed by atoms with Crippen molar-refractivity contribution in [1.82, 2.24) is 5.32 Å². The van der Waals surface area contributed by atoms with Gasteiger partial charge in [-0.2, -0.15) is 0 Å². The van der Waals surface area contributed by atoms with Crippen LogP contribution in [0.4, 0.5) is 10.1 Å². The van der Waals surface area contributed by atoms with Crippen molar-refractivity contribution in [2.45, 2.75) is 13.2 Å². The van der Waals surface area contributed by atoms with Crippen LogP contribution in [0, 0.1) is 0 Å². The summed E-state index contributed by atoms with van der Waals surface area (Å²) in [5.74, 6) is 0. The molecule has 2 rings (SSSR count). The molecular weight excluding hydrogens is 219 g/mol. The first-order valence-corrected chi connectivity index (χ1v) is 6.00. The molecule has 1 aromatic rings. The molecule has 1 N–H and O–H groups in total. The largest absolute Gasteiger partial charge is 0.378 e. The normalized spacial score (nSPS) is 16.2. The summed E-state index contributed by atoms with van der Waals surface area (Å²) in [5, 5.41) is 3.13. The van der Waals surface area contributed by atoms with E-state index in [1.54, 1.807) is 0 Å². The Hall–Kier alpha value is -1.13. The molecule has 94 valence electrons. The summed E-state index contributed by atoms with van der Waals surface area (Å²) >= 11 is 0. The first-order valence-electron chi connectivity index (χ1n) is 6.00. The van der Waals surface area contributed by atoms with Crippen LogP contribution >= 0.6 is 0 Å². The van der Waals surface area contributed by atoms with E-state index in [2.05, 4.69) is 10.2 Å². The van der Waals surface area contributed by atoms with Gasteiger partial charge in [-0.05, 0) is 30.3 Å². The number of ether oxygens (including phenoxy) is 1. The average Bonchev–Trinajstić information content (AvgIpc) is 2.40. The molecule has 0 bridgehead atoms. The van der Waals surface area contributed by atoms with E-state index < -0.39 is 6.67 Å². The molecule has 1 aliphatic rings. The lowest BCUT2D eigenvalue weighted by molar-refractivity contribution is 0.122. The molecule has 0 aliphatic carbocycles. The summed E-state index contributed by atoms with van der Waals surface area (Å²) in [7, 11) is 1.91. The highest BCUT2D eigenvalue weighted by Crippen LogP contribution is 2.23. The maximum Gasteiger partial charge on any atom is 0.115 e. The van der Waals surface area contributed by atoms with Crippen LogP contribution in [0.2, 0.25) is 0 Å². The van der Waals surface area contributed by atoms with Gasteiger partial charge in [-0.3, -0.25) is 0 Å². The van der Waals surface area contributed by atoms with Gasteiger partial charge in [-0.15, -0.1) is 0 Å². The van der Waals surface area contributed by atoms with Gasteiger partial charge in [-0.25, -0.2) is 4.39 Å². The van der Waals surface area contributed by atoms with E-state index in [-0.39, 0.29) is 0 Å². The van der Waals surface area contributed by atoms with Crippen LogP contribution in [-0.2, 0) is 18.0 Å². The molecule has 0 radical (unpaired) electrons. The molecule has 0 aromatic heterocycles. The van der Waals surface area contributed by atoms with Crippen LogP contribution in [0.25, 0.3) is 0 Å². The van der Waals surface area contributed by atoms with Crippen molar-refractivity contribution in [1.29, 1.82) is 0 Å². The lowest BCUT2D eigenvalue weighted by Gasteiger charge is -2.30. The van der Waals surface area contributed by atoms with Gasteiger partial charge < -0.3 is 15.0 Å². The third kappa shape index (κ3) is 2.96. The molecule has 0 spiro atoms. The minimum absolute atomic E-state index is 0.403. The number of hydrogen-bond acceptors (Lipinski definition) is 3. The second-order valence-corrected chi connectivity index (χ2v) is 4.23. The molecule has 1 fully saturated rings. The van der Waals surface area contributed by atoms with Gasteiger partial charge in [0, 0.05) is 25.3 Å². The second-order valence-electron chi connectivity index (χ2n) is 4.23. The summed E-state index contributed by atoms with van der Waals surface area (Å²) < 4.78 is 18.0. The molecule has 3 nitrogen and oxygen atoms in total. The van der Waals surface area contributed by atoms with Crippen molar-refractivity contribution >= 4 is 5.69 Å².